The van der Waals surface area contributed by atoms with E-state index in [0.717, 1.165) is 6.07 Å². The van der Waals surface area contributed by atoms with E-state index in [4.69, 9.17) is 21.1 Å². The Bertz CT molecular complexity index is 438. The molecule has 0 bridgehead atoms. The number of halogens is 2. The van der Waals surface area contributed by atoms with Gasteiger partial charge < -0.3 is 9.47 Å². The zero-order valence-electron chi connectivity index (χ0n) is 10.1. The predicted octanol–water partition coefficient (Wildman–Crippen LogP) is 3.44. The van der Waals surface area contributed by atoms with Crippen LogP contribution in [-0.2, 0) is 4.74 Å². The summed E-state index contributed by atoms with van der Waals surface area (Å²) in [4.78, 5) is 11.8. The fraction of sp³-hybridized carbons (Fsp3) is 0.417. The van der Waals surface area contributed by atoms with E-state index in [0.29, 0.717) is 0 Å². The zero-order valence-corrected chi connectivity index (χ0v) is 10.9. The third-order valence-corrected chi connectivity index (χ3v) is 2.25. The Morgan fingerprint density at radius 3 is 2.41 bits per heavy atom. The number of rotatable bonds is 2. The van der Waals surface area contributed by atoms with E-state index in [9.17, 15) is 9.18 Å². The van der Waals surface area contributed by atoms with Crippen molar-refractivity contribution in [2.24, 2.45) is 0 Å². The normalized spacial score (nSPS) is 11.2. The van der Waals surface area contributed by atoms with Gasteiger partial charge in [0.2, 0.25) is 0 Å². The average Bonchev–Trinajstić information content (AvgIpc) is 2.15. The Balaban J connectivity index is 3.17. The van der Waals surface area contributed by atoms with E-state index in [2.05, 4.69) is 0 Å². The van der Waals surface area contributed by atoms with Crippen molar-refractivity contribution in [1.29, 1.82) is 0 Å². The SMILES string of the molecule is COc1ccc(F)c(C(=O)OC(C)(C)C)c1Cl. The molecular formula is C12H14ClFO3. The molecule has 1 aromatic carbocycles. The number of hydrogen-bond acceptors (Lipinski definition) is 3. The molecule has 0 heterocycles. The summed E-state index contributed by atoms with van der Waals surface area (Å²) in [5, 5.41) is -0.0817. The van der Waals surface area contributed by atoms with E-state index in [1.54, 1.807) is 20.8 Å². The van der Waals surface area contributed by atoms with Gasteiger partial charge in [0.1, 0.15) is 27.8 Å². The van der Waals surface area contributed by atoms with Crippen molar-refractivity contribution in [2.45, 2.75) is 26.4 Å². The summed E-state index contributed by atoms with van der Waals surface area (Å²) in [7, 11) is 1.39. The minimum absolute atomic E-state index is 0.0817. The number of carbonyl (C=O) groups excluding carboxylic acids is 1. The summed E-state index contributed by atoms with van der Waals surface area (Å²) in [6.45, 7) is 5.07. The molecule has 0 fully saturated rings. The van der Waals surface area contributed by atoms with Gasteiger partial charge in [-0.05, 0) is 32.9 Å². The van der Waals surface area contributed by atoms with Crippen molar-refractivity contribution in [3.63, 3.8) is 0 Å². The lowest BCUT2D eigenvalue weighted by atomic mass is 10.1. The molecule has 0 spiro atoms. The summed E-state index contributed by atoms with van der Waals surface area (Å²) in [6, 6.07) is 2.47. The lowest BCUT2D eigenvalue weighted by Gasteiger charge is -2.20. The highest BCUT2D eigenvalue weighted by Gasteiger charge is 2.25. The lowest BCUT2D eigenvalue weighted by Crippen LogP contribution is -2.24. The summed E-state index contributed by atoms with van der Waals surface area (Å²) in [5.41, 5.74) is -1.02. The van der Waals surface area contributed by atoms with Crippen molar-refractivity contribution in [3.05, 3.63) is 28.5 Å². The van der Waals surface area contributed by atoms with Crippen LogP contribution in [0, 0.1) is 5.82 Å². The van der Waals surface area contributed by atoms with Gasteiger partial charge in [-0.25, -0.2) is 9.18 Å². The molecule has 0 unspecified atom stereocenters. The van der Waals surface area contributed by atoms with E-state index >= 15 is 0 Å². The van der Waals surface area contributed by atoms with Gasteiger partial charge in [0, 0.05) is 0 Å². The van der Waals surface area contributed by atoms with Gasteiger partial charge in [0.05, 0.1) is 7.11 Å². The maximum atomic E-state index is 13.6. The van der Waals surface area contributed by atoms with Gasteiger partial charge >= 0.3 is 5.97 Å². The topological polar surface area (TPSA) is 35.5 Å². The zero-order chi connectivity index (χ0) is 13.2. The maximum Gasteiger partial charge on any atom is 0.343 e. The molecule has 1 rings (SSSR count). The van der Waals surface area contributed by atoms with Gasteiger partial charge in [-0.3, -0.25) is 0 Å². The van der Waals surface area contributed by atoms with E-state index in [1.165, 1.54) is 13.2 Å². The van der Waals surface area contributed by atoms with Gasteiger partial charge in [-0.15, -0.1) is 0 Å². The van der Waals surface area contributed by atoms with Crippen LogP contribution in [0.2, 0.25) is 5.02 Å². The summed E-state index contributed by atoms with van der Waals surface area (Å²) in [6.07, 6.45) is 0. The highest BCUT2D eigenvalue weighted by Crippen LogP contribution is 2.31. The van der Waals surface area contributed by atoms with Crippen LogP contribution in [0.25, 0.3) is 0 Å². The first-order valence-electron chi connectivity index (χ1n) is 5.01. The predicted molar refractivity (Wildman–Crippen MR) is 63.1 cm³/mol. The Morgan fingerprint density at radius 2 is 1.94 bits per heavy atom. The molecule has 5 heteroatoms. The average molecular weight is 261 g/mol. The summed E-state index contributed by atoms with van der Waals surface area (Å²) in [5.74, 6) is -1.31. The van der Waals surface area contributed by atoms with Crippen LogP contribution < -0.4 is 4.74 Å². The first-order chi connectivity index (χ1) is 7.76. The van der Waals surface area contributed by atoms with Crippen LogP contribution in [0.1, 0.15) is 31.1 Å². The number of methoxy groups -OCH3 is 1. The molecule has 17 heavy (non-hydrogen) atoms. The lowest BCUT2D eigenvalue weighted by molar-refractivity contribution is 0.00646. The molecule has 0 aromatic heterocycles. The minimum atomic E-state index is -0.807. The summed E-state index contributed by atoms with van der Waals surface area (Å²) < 4.78 is 23.5. The molecule has 1 aromatic rings. The third-order valence-electron chi connectivity index (χ3n) is 1.88. The van der Waals surface area contributed by atoms with Crippen LogP contribution in [0.15, 0.2) is 12.1 Å². The Hall–Kier alpha value is -1.29. The molecule has 3 nitrogen and oxygen atoms in total. The Kier molecular flexibility index (Phi) is 3.98. The van der Waals surface area contributed by atoms with Crippen LogP contribution in [0.4, 0.5) is 4.39 Å². The molecule has 0 aliphatic heterocycles. The highest BCUT2D eigenvalue weighted by atomic mass is 35.5. The molecule has 0 saturated carbocycles. The highest BCUT2D eigenvalue weighted by molar-refractivity contribution is 6.35. The van der Waals surface area contributed by atoms with Crippen molar-refractivity contribution >= 4 is 17.6 Å². The monoisotopic (exact) mass is 260 g/mol. The third kappa shape index (κ3) is 3.33. The first kappa shape index (κ1) is 13.8. The number of ether oxygens (including phenoxy) is 2. The van der Waals surface area contributed by atoms with Crippen LogP contribution in [0.3, 0.4) is 0 Å². The number of benzene rings is 1. The number of carbonyl (C=O) groups is 1. The Labute approximate surface area is 104 Å². The van der Waals surface area contributed by atoms with Crippen molar-refractivity contribution in [1.82, 2.24) is 0 Å². The van der Waals surface area contributed by atoms with E-state index in [1.807, 2.05) is 0 Å². The number of hydrogen-bond donors (Lipinski definition) is 0. The molecule has 0 aliphatic rings. The minimum Gasteiger partial charge on any atom is -0.495 e. The van der Waals surface area contributed by atoms with Gasteiger partial charge in [-0.1, -0.05) is 11.6 Å². The second-order valence-corrected chi connectivity index (χ2v) is 4.82. The van der Waals surface area contributed by atoms with E-state index in [-0.39, 0.29) is 16.3 Å². The van der Waals surface area contributed by atoms with Crippen LogP contribution in [0.5, 0.6) is 5.75 Å². The van der Waals surface area contributed by atoms with Gasteiger partial charge in [0.25, 0.3) is 0 Å². The summed E-state index contributed by atoms with van der Waals surface area (Å²) >= 11 is 5.87. The van der Waals surface area contributed by atoms with E-state index < -0.39 is 17.4 Å². The second kappa shape index (κ2) is 4.92. The fourth-order valence-corrected chi connectivity index (χ4v) is 1.51. The maximum absolute atomic E-state index is 13.6. The van der Waals surface area contributed by atoms with Gasteiger partial charge in [0.15, 0.2) is 0 Å². The molecular weight excluding hydrogens is 247 g/mol. The Morgan fingerprint density at radius 1 is 1.35 bits per heavy atom. The second-order valence-electron chi connectivity index (χ2n) is 4.44. The molecule has 0 atom stereocenters. The van der Waals surface area contributed by atoms with Gasteiger partial charge in [-0.2, -0.15) is 0 Å². The first-order valence-corrected chi connectivity index (χ1v) is 5.39. The smallest absolute Gasteiger partial charge is 0.343 e. The molecule has 0 aliphatic carbocycles. The van der Waals surface area contributed by atoms with Crippen molar-refractivity contribution < 1.29 is 18.7 Å². The molecule has 0 amide bonds. The molecule has 0 radical (unpaired) electrons. The van der Waals surface area contributed by atoms with Crippen molar-refractivity contribution in [2.75, 3.05) is 7.11 Å². The molecule has 0 saturated heterocycles. The largest absolute Gasteiger partial charge is 0.495 e. The van der Waals surface area contributed by atoms with Crippen LogP contribution in [-0.4, -0.2) is 18.7 Å². The quantitative estimate of drug-likeness (QED) is 0.764. The van der Waals surface area contributed by atoms with Crippen LogP contribution >= 0.6 is 11.6 Å². The fourth-order valence-electron chi connectivity index (χ4n) is 1.21. The van der Waals surface area contributed by atoms with Crippen molar-refractivity contribution in [3.8, 4) is 5.75 Å². The standard InChI is InChI=1S/C12H14ClFO3/c1-12(2,3)17-11(15)9-7(14)5-6-8(16-4)10(9)13/h5-6H,1-4H3. The molecule has 94 valence electrons. The molecule has 0 N–H and O–H groups in total. The number of esters is 1.